The zero-order chi connectivity index (χ0) is 11.2. The van der Waals surface area contributed by atoms with Gasteiger partial charge in [-0.3, -0.25) is 0 Å². The molecule has 2 bridgehead atoms. The lowest BCUT2D eigenvalue weighted by atomic mass is 9.81. The molecule has 3 N–H and O–H groups in total. The Bertz CT molecular complexity index is 419. The molecule has 16 heavy (non-hydrogen) atoms. The topological polar surface area (TPSA) is 68.8 Å². The number of nitrogens with zero attached hydrogens (tertiary/aromatic N) is 2. The molecule has 0 spiro atoms. The van der Waals surface area contributed by atoms with Crippen molar-refractivity contribution in [2.75, 3.05) is 6.54 Å². The molecule has 2 heterocycles. The Morgan fingerprint density at radius 1 is 1.62 bits per heavy atom. The van der Waals surface area contributed by atoms with E-state index in [0.717, 1.165) is 31.4 Å². The van der Waals surface area contributed by atoms with Crippen LogP contribution in [0, 0.1) is 17.4 Å². The lowest BCUT2D eigenvalue weighted by molar-refractivity contribution is 0.125. The maximum Gasteiger partial charge on any atom is 0.179 e. The van der Waals surface area contributed by atoms with E-state index in [1.807, 2.05) is 23.4 Å². The average Bonchev–Trinajstić information content (AvgIpc) is 2.87. The Morgan fingerprint density at radius 3 is 3.19 bits per heavy atom. The number of rotatable bonds is 1. The summed E-state index contributed by atoms with van der Waals surface area (Å²) in [4.78, 5) is 4.92. The highest BCUT2D eigenvalue weighted by Gasteiger charge is 2.50. The van der Waals surface area contributed by atoms with Crippen LogP contribution in [0.3, 0.4) is 0 Å². The molecule has 1 saturated heterocycles. The van der Waals surface area contributed by atoms with Crippen LogP contribution in [-0.2, 0) is 0 Å². The van der Waals surface area contributed by atoms with E-state index in [9.17, 15) is 5.26 Å². The number of aromatic nitrogens is 1. The van der Waals surface area contributed by atoms with Gasteiger partial charge < -0.3 is 15.6 Å². The zero-order valence-electron chi connectivity index (χ0n) is 9.19. The summed E-state index contributed by atoms with van der Waals surface area (Å²) in [5.41, 5.74) is 7.43. The molecule has 1 saturated carbocycles. The van der Waals surface area contributed by atoms with Crippen LogP contribution in [0.1, 0.15) is 30.9 Å². The van der Waals surface area contributed by atoms with Crippen LogP contribution in [0.15, 0.2) is 18.5 Å². The molecule has 0 radical (unpaired) electrons. The predicted octanol–water partition coefficient (Wildman–Crippen LogP) is 1.35. The van der Waals surface area contributed by atoms with Crippen molar-refractivity contribution in [1.29, 1.82) is 5.26 Å². The number of nitrogens with one attached hydrogen (secondary N) is 1. The summed E-state index contributed by atoms with van der Waals surface area (Å²) in [6.45, 7) is 0.866. The largest absolute Gasteiger partial charge is 0.367 e. The monoisotopic (exact) mass is 216 g/mol. The summed E-state index contributed by atoms with van der Waals surface area (Å²) in [6.07, 6.45) is 9.42. The van der Waals surface area contributed by atoms with Crippen molar-refractivity contribution in [3.8, 4) is 6.19 Å². The third kappa shape index (κ3) is 1.25. The van der Waals surface area contributed by atoms with Crippen LogP contribution >= 0.6 is 0 Å². The van der Waals surface area contributed by atoms with E-state index in [-0.39, 0.29) is 11.6 Å². The molecular formula is C12H16N4. The van der Waals surface area contributed by atoms with Crippen molar-refractivity contribution in [2.45, 2.75) is 30.8 Å². The van der Waals surface area contributed by atoms with E-state index in [4.69, 9.17) is 5.73 Å². The molecule has 3 rings (SSSR count). The van der Waals surface area contributed by atoms with Gasteiger partial charge in [-0.15, -0.1) is 0 Å². The fourth-order valence-corrected chi connectivity index (χ4v) is 3.43. The quantitative estimate of drug-likeness (QED) is 0.696. The maximum absolute atomic E-state index is 9.25. The number of aromatic amines is 1. The Balaban J connectivity index is 2.02. The molecule has 2 aliphatic rings. The number of hydrogen-bond donors (Lipinski definition) is 2. The highest BCUT2D eigenvalue weighted by atomic mass is 15.2. The highest BCUT2D eigenvalue weighted by molar-refractivity contribution is 5.24. The normalized spacial score (nSPS) is 37.4. The molecule has 4 heteroatoms. The van der Waals surface area contributed by atoms with E-state index in [2.05, 4.69) is 11.2 Å². The van der Waals surface area contributed by atoms with Crippen LogP contribution in [-0.4, -0.2) is 22.0 Å². The molecule has 3 atom stereocenters. The van der Waals surface area contributed by atoms with Gasteiger partial charge in [0.05, 0.1) is 6.04 Å². The Labute approximate surface area is 95.0 Å². The number of H-pyrrole nitrogens is 1. The lowest BCUT2D eigenvalue weighted by Crippen LogP contribution is -2.53. The zero-order valence-corrected chi connectivity index (χ0v) is 9.19. The molecule has 1 aromatic heterocycles. The van der Waals surface area contributed by atoms with Crippen LogP contribution in [0.5, 0.6) is 0 Å². The smallest absolute Gasteiger partial charge is 0.179 e. The summed E-state index contributed by atoms with van der Waals surface area (Å²) in [5.74, 6) is 0.611. The minimum absolute atomic E-state index is 0.0579. The predicted molar refractivity (Wildman–Crippen MR) is 60.1 cm³/mol. The van der Waals surface area contributed by atoms with Crippen LogP contribution in [0.2, 0.25) is 0 Å². The molecular weight excluding hydrogens is 200 g/mol. The van der Waals surface area contributed by atoms with E-state index in [0.29, 0.717) is 5.92 Å². The third-order valence-corrected chi connectivity index (χ3v) is 4.06. The van der Waals surface area contributed by atoms with E-state index >= 15 is 0 Å². The van der Waals surface area contributed by atoms with Crippen LogP contribution in [0.4, 0.5) is 0 Å². The van der Waals surface area contributed by atoms with Crippen molar-refractivity contribution < 1.29 is 0 Å². The molecule has 4 nitrogen and oxygen atoms in total. The summed E-state index contributed by atoms with van der Waals surface area (Å²) in [7, 11) is 0. The van der Waals surface area contributed by atoms with Gasteiger partial charge in [-0.1, -0.05) is 0 Å². The average molecular weight is 216 g/mol. The summed E-state index contributed by atoms with van der Waals surface area (Å²) in [5, 5.41) is 9.25. The standard InChI is InChI=1S/C12H16N4/c13-8-16-7-9-1-3-12(14,5-9)11(16)10-2-4-15-6-10/h2,4,6,9,11,15H,1,3,5,7,14H2. The van der Waals surface area contributed by atoms with Gasteiger partial charge in [0, 0.05) is 24.5 Å². The molecule has 0 aromatic carbocycles. The first-order chi connectivity index (χ1) is 7.73. The fraction of sp³-hybridized carbons (Fsp3) is 0.583. The van der Waals surface area contributed by atoms with Gasteiger partial charge in [0.25, 0.3) is 0 Å². The number of nitriles is 1. The SMILES string of the molecule is N#CN1CC2CCC(N)(C2)C1c1cc[nH]c1. The minimum Gasteiger partial charge on any atom is -0.367 e. The molecule has 1 aliphatic heterocycles. The molecule has 3 unspecified atom stereocenters. The Morgan fingerprint density at radius 2 is 2.50 bits per heavy atom. The van der Waals surface area contributed by atoms with E-state index < -0.39 is 0 Å². The van der Waals surface area contributed by atoms with Crippen molar-refractivity contribution in [3.63, 3.8) is 0 Å². The maximum atomic E-state index is 9.25. The van der Waals surface area contributed by atoms with Crippen LogP contribution in [0.25, 0.3) is 0 Å². The first kappa shape index (κ1) is 9.73. The molecule has 0 amide bonds. The molecule has 1 aromatic rings. The second-order valence-electron chi connectivity index (χ2n) is 5.14. The minimum atomic E-state index is -0.208. The van der Waals surface area contributed by atoms with Gasteiger partial charge in [0.2, 0.25) is 0 Å². The number of nitrogens with two attached hydrogens (primary N) is 1. The molecule has 84 valence electrons. The Kier molecular flexibility index (Phi) is 1.98. The number of likely N-dealkylation sites (tertiary alicyclic amines) is 1. The summed E-state index contributed by atoms with van der Waals surface area (Å²) < 4.78 is 0. The first-order valence-electron chi connectivity index (χ1n) is 5.81. The Hall–Kier alpha value is -1.47. The van der Waals surface area contributed by atoms with Gasteiger partial charge in [-0.05, 0) is 36.8 Å². The van der Waals surface area contributed by atoms with Crippen molar-refractivity contribution >= 4 is 0 Å². The summed E-state index contributed by atoms with van der Waals surface area (Å²) >= 11 is 0. The second kappa shape index (κ2) is 3.26. The number of piperidine rings is 1. The molecule has 1 aliphatic carbocycles. The lowest BCUT2D eigenvalue weighted by Gasteiger charge is -2.43. The first-order valence-corrected chi connectivity index (χ1v) is 5.81. The fourth-order valence-electron chi connectivity index (χ4n) is 3.43. The van der Waals surface area contributed by atoms with E-state index in [1.54, 1.807) is 0 Å². The van der Waals surface area contributed by atoms with Crippen LogP contribution < -0.4 is 5.73 Å². The highest BCUT2D eigenvalue weighted by Crippen LogP contribution is 2.48. The summed E-state index contributed by atoms with van der Waals surface area (Å²) in [6, 6.07) is 2.09. The second-order valence-corrected chi connectivity index (χ2v) is 5.14. The van der Waals surface area contributed by atoms with Gasteiger partial charge in [0.1, 0.15) is 0 Å². The number of hydrogen-bond acceptors (Lipinski definition) is 3. The van der Waals surface area contributed by atoms with Gasteiger partial charge in [0.15, 0.2) is 6.19 Å². The molecule has 2 fully saturated rings. The van der Waals surface area contributed by atoms with E-state index in [1.165, 1.54) is 0 Å². The number of fused-ring (bicyclic) bond motifs is 2. The van der Waals surface area contributed by atoms with Crippen molar-refractivity contribution in [3.05, 3.63) is 24.0 Å². The van der Waals surface area contributed by atoms with Gasteiger partial charge in [-0.25, -0.2) is 0 Å². The van der Waals surface area contributed by atoms with Crippen molar-refractivity contribution in [2.24, 2.45) is 11.7 Å². The van der Waals surface area contributed by atoms with Crippen molar-refractivity contribution in [1.82, 2.24) is 9.88 Å². The van der Waals surface area contributed by atoms with Gasteiger partial charge in [-0.2, -0.15) is 5.26 Å². The van der Waals surface area contributed by atoms with Gasteiger partial charge >= 0.3 is 0 Å². The third-order valence-electron chi connectivity index (χ3n) is 4.06.